The lowest BCUT2D eigenvalue weighted by Crippen LogP contribution is -2.19. The number of benzene rings is 1. The number of hydrogen-bond donors (Lipinski definition) is 0. The minimum Gasteiger partial charge on any atom is -0.467 e. The van der Waals surface area contributed by atoms with E-state index < -0.39 is 17.1 Å². The van der Waals surface area contributed by atoms with Crippen molar-refractivity contribution in [1.29, 1.82) is 0 Å². The highest BCUT2D eigenvalue weighted by atomic mass is 19.1. The van der Waals surface area contributed by atoms with Crippen LogP contribution in [0, 0.1) is 10.1 Å². The molecule has 0 aliphatic carbocycles. The molecule has 1 atom stereocenters. The van der Waals surface area contributed by atoms with E-state index in [-0.39, 0.29) is 12.1 Å². The maximum Gasteiger partial charge on any atom is 0.340 e. The molecule has 0 radical (unpaired) electrons. The van der Waals surface area contributed by atoms with Gasteiger partial charge in [-0.2, -0.15) is 0 Å². The van der Waals surface area contributed by atoms with Crippen molar-refractivity contribution >= 4 is 11.7 Å². The molecule has 6 heteroatoms. The molecule has 1 rings (SSSR count). The predicted octanol–water partition coefficient (Wildman–Crippen LogP) is 1.65. The summed E-state index contributed by atoms with van der Waals surface area (Å²) in [6, 6.07) is 5.35. The second-order valence-electron chi connectivity index (χ2n) is 3.12. The van der Waals surface area contributed by atoms with Crippen LogP contribution in [0.3, 0.4) is 0 Å². The second kappa shape index (κ2) is 5.20. The molecule has 0 aliphatic heterocycles. The molecular weight excluding hydrogens is 217 g/mol. The summed E-state index contributed by atoms with van der Waals surface area (Å²) in [5.74, 6) is -0.946. The Morgan fingerprint density at radius 1 is 1.50 bits per heavy atom. The monoisotopic (exact) mass is 227 g/mol. The van der Waals surface area contributed by atoms with E-state index in [1.165, 1.54) is 24.3 Å². The predicted molar refractivity (Wildman–Crippen MR) is 53.7 cm³/mol. The molecule has 0 heterocycles. The molecule has 0 saturated heterocycles. The minimum absolute atomic E-state index is 0.0720. The fourth-order valence-electron chi connectivity index (χ4n) is 1.17. The standard InChI is InChI=1S/C10H10FNO4/c1-16-10(13)9(11)6-7-2-4-8(5-3-7)12(14)15/h2-5,9H,6H2,1H3. The van der Waals surface area contributed by atoms with E-state index >= 15 is 0 Å². The number of halogens is 1. The van der Waals surface area contributed by atoms with Crippen molar-refractivity contribution < 1.29 is 18.8 Å². The summed E-state index contributed by atoms with van der Waals surface area (Å²) < 4.78 is 17.4. The third-order valence-electron chi connectivity index (χ3n) is 2.02. The number of hydrogen-bond acceptors (Lipinski definition) is 4. The average molecular weight is 227 g/mol. The molecule has 0 bridgehead atoms. The van der Waals surface area contributed by atoms with E-state index in [2.05, 4.69) is 4.74 Å². The Balaban J connectivity index is 2.68. The maximum absolute atomic E-state index is 13.1. The molecule has 1 aromatic rings. The Bertz CT molecular complexity index is 390. The summed E-state index contributed by atoms with van der Waals surface area (Å²) in [7, 11) is 1.10. The Morgan fingerprint density at radius 2 is 2.06 bits per heavy atom. The topological polar surface area (TPSA) is 69.4 Å². The summed E-state index contributed by atoms with van der Waals surface area (Å²) in [4.78, 5) is 20.6. The lowest BCUT2D eigenvalue weighted by atomic mass is 10.1. The Hall–Kier alpha value is -1.98. The number of methoxy groups -OCH3 is 1. The summed E-state index contributed by atoms with van der Waals surface area (Å²) >= 11 is 0. The lowest BCUT2D eigenvalue weighted by molar-refractivity contribution is -0.384. The van der Waals surface area contributed by atoms with Gasteiger partial charge in [0.15, 0.2) is 0 Å². The smallest absolute Gasteiger partial charge is 0.340 e. The van der Waals surface area contributed by atoms with Crippen molar-refractivity contribution in [2.75, 3.05) is 7.11 Å². The molecule has 0 N–H and O–H groups in total. The van der Waals surface area contributed by atoms with Gasteiger partial charge >= 0.3 is 5.97 Å². The highest BCUT2D eigenvalue weighted by Crippen LogP contribution is 2.14. The van der Waals surface area contributed by atoms with Crippen molar-refractivity contribution in [2.45, 2.75) is 12.6 Å². The van der Waals surface area contributed by atoms with E-state index in [0.717, 1.165) is 7.11 Å². The fraction of sp³-hybridized carbons (Fsp3) is 0.300. The van der Waals surface area contributed by atoms with E-state index in [4.69, 9.17) is 0 Å². The number of ether oxygens (including phenoxy) is 1. The molecule has 1 aromatic carbocycles. The first-order valence-electron chi connectivity index (χ1n) is 4.50. The molecule has 0 fully saturated rings. The zero-order valence-corrected chi connectivity index (χ0v) is 8.55. The van der Waals surface area contributed by atoms with Crippen LogP contribution in [0.2, 0.25) is 0 Å². The number of carbonyl (C=O) groups excluding carboxylic acids is 1. The van der Waals surface area contributed by atoms with Crippen molar-refractivity contribution in [3.8, 4) is 0 Å². The summed E-state index contributed by atoms with van der Waals surface area (Å²) in [6.45, 7) is 0. The van der Waals surface area contributed by atoms with Crippen LogP contribution in [-0.4, -0.2) is 24.2 Å². The molecule has 1 unspecified atom stereocenters. The highest BCUT2D eigenvalue weighted by molar-refractivity contribution is 5.74. The van der Waals surface area contributed by atoms with Crippen molar-refractivity contribution in [3.63, 3.8) is 0 Å². The van der Waals surface area contributed by atoms with Gasteiger partial charge in [-0.25, -0.2) is 9.18 Å². The normalized spacial score (nSPS) is 11.9. The number of alkyl halides is 1. The van der Waals surface area contributed by atoms with Gasteiger partial charge in [0.25, 0.3) is 5.69 Å². The fourth-order valence-corrected chi connectivity index (χ4v) is 1.17. The van der Waals surface area contributed by atoms with Crippen LogP contribution < -0.4 is 0 Å². The van der Waals surface area contributed by atoms with Gasteiger partial charge in [-0.15, -0.1) is 0 Å². The number of carbonyl (C=O) groups is 1. The molecule has 0 aliphatic rings. The number of nitro benzene ring substituents is 1. The van der Waals surface area contributed by atoms with E-state index in [1.54, 1.807) is 0 Å². The van der Waals surface area contributed by atoms with Gasteiger partial charge in [-0.3, -0.25) is 10.1 Å². The largest absolute Gasteiger partial charge is 0.467 e. The molecule has 0 amide bonds. The maximum atomic E-state index is 13.1. The molecule has 86 valence electrons. The van der Waals surface area contributed by atoms with Crippen molar-refractivity contribution in [1.82, 2.24) is 0 Å². The average Bonchev–Trinajstić information content (AvgIpc) is 2.28. The summed E-state index contributed by atoms with van der Waals surface area (Å²) in [5, 5.41) is 10.3. The van der Waals surface area contributed by atoms with E-state index in [9.17, 15) is 19.3 Å². The number of non-ortho nitro benzene ring substituents is 1. The second-order valence-corrected chi connectivity index (χ2v) is 3.12. The molecule has 0 aromatic heterocycles. The number of esters is 1. The zero-order valence-electron chi connectivity index (χ0n) is 8.55. The molecule has 5 nitrogen and oxygen atoms in total. The van der Waals surface area contributed by atoms with Gasteiger partial charge in [-0.05, 0) is 5.56 Å². The van der Waals surface area contributed by atoms with Crippen molar-refractivity contribution in [3.05, 3.63) is 39.9 Å². The van der Waals surface area contributed by atoms with Crippen LogP contribution in [0.25, 0.3) is 0 Å². The Kier molecular flexibility index (Phi) is 3.93. The summed E-state index contributed by atoms with van der Waals surface area (Å²) in [6.07, 6.45) is -1.89. The van der Waals surface area contributed by atoms with Gasteiger partial charge in [0, 0.05) is 18.6 Å². The highest BCUT2D eigenvalue weighted by Gasteiger charge is 2.18. The molecular formula is C10H10FNO4. The van der Waals surface area contributed by atoms with Crippen LogP contribution in [0.4, 0.5) is 10.1 Å². The first kappa shape index (κ1) is 12.1. The SMILES string of the molecule is COC(=O)C(F)Cc1ccc([N+](=O)[O-])cc1. The Labute approximate surface area is 91.0 Å². The van der Waals surface area contributed by atoms with Crippen LogP contribution in [0.1, 0.15) is 5.56 Å². The number of rotatable bonds is 4. The van der Waals surface area contributed by atoms with Crippen LogP contribution in [0.5, 0.6) is 0 Å². The van der Waals surface area contributed by atoms with E-state index in [0.29, 0.717) is 5.56 Å². The van der Waals surface area contributed by atoms with Crippen LogP contribution in [-0.2, 0) is 16.0 Å². The van der Waals surface area contributed by atoms with Crippen molar-refractivity contribution in [2.24, 2.45) is 0 Å². The first-order chi connectivity index (χ1) is 7.54. The van der Waals surface area contributed by atoms with E-state index in [1.807, 2.05) is 0 Å². The molecule has 16 heavy (non-hydrogen) atoms. The summed E-state index contributed by atoms with van der Waals surface area (Å²) in [5.41, 5.74) is 0.431. The van der Waals surface area contributed by atoms with Gasteiger partial charge in [0.05, 0.1) is 12.0 Å². The molecule has 0 saturated carbocycles. The van der Waals surface area contributed by atoms with Gasteiger partial charge in [0.2, 0.25) is 6.17 Å². The van der Waals surface area contributed by atoms with Gasteiger partial charge in [-0.1, -0.05) is 12.1 Å². The number of nitro groups is 1. The Morgan fingerprint density at radius 3 is 2.50 bits per heavy atom. The third-order valence-corrected chi connectivity index (χ3v) is 2.02. The van der Waals surface area contributed by atoms with Crippen LogP contribution in [0.15, 0.2) is 24.3 Å². The third kappa shape index (κ3) is 3.01. The van der Waals surface area contributed by atoms with Crippen LogP contribution >= 0.6 is 0 Å². The molecule has 0 spiro atoms. The first-order valence-corrected chi connectivity index (χ1v) is 4.50. The van der Waals surface area contributed by atoms with Gasteiger partial charge < -0.3 is 4.74 Å². The lowest BCUT2D eigenvalue weighted by Gasteiger charge is -2.05. The van der Waals surface area contributed by atoms with Gasteiger partial charge in [0.1, 0.15) is 0 Å². The number of nitrogens with zero attached hydrogens (tertiary/aromatic N) is 1. The quantitative estimate of drug-likeness (QED) is 0.445. The minimum atomic E-state index is -1.74. The zero-order chi connectivity index (χ0) is 12.1.